The molecule has 0 spiro atoms. The minimum Gasteiger partial charge on any atom is -0.285 e. The molecule has 0 fully saturated rings. The lowest BCUT2D eigenvalue weighted by atomic mass is 10.2. The Morgan fingerprint density at radius 1 is 1.28 bits per heavy atom. The van der Waals surface area contributed by atoms with E-state index in [9.17, 15) is 4.79 Å². The number of carbonyl (C=O) groups is 1. The minimum atomic E-state index is -0.138. The maximum absolute atomic E-state index is 12.4. The fraction of sp³-hybridized carbons (Fsp3) is 0.250. The summed E-state index contributed by atoms with van der Waals surface area (Å²) in [5.74, 6) is -0.138. The molecule has 0 atom stereocenters. The number of hydrogen-bond acceptors (Lipinski definition) is 3. The minimum absolute atomic E-state index is 0.116. The van der Waals surface area contributed by atoms with E-state index in [1.807, 2.05) is 13.8 Å². The molecule has 0 aliphatic heterocycles. The highest BCUT2D eigenvalue weighted by Gasteiger charge is 2.21. The van der Waals surface area contributed by atoms with Crippen LogP contribution in [0.15, 0.2) is 33.5 Å². The van der Waals surface area contributed by atoms with Gasteiger partial charge < -0.3 is 0 Å². The van der Waals surface area contributed by atoms with Gasteiger partial charge in [0.25, 0.3) is 0 Å². The van der Waals surface area contributed by atoms with Gasteiger partial charge in [-0.15, -0.1) is 0 Å². The molecule has 2 aromatic rings. The molecule has 2 heterocycles. The van der Waals surface area contributed by atoms with E-state index in [1.165, 1.54) is 0 Å². The zero-order chi connectivity index (χ0) is 13.3. The van der Waals surface area contributed by atoms with Gasteiger partial charge in [-0.1, -0.05) is 0 Å². The van der Waals surface area contributed by atoms with Crippen LogP contribution in [0.25, 0.3) is 0 Å². The molecule has 2 rings (SSSR count). The lowest BCUT2D eigenvalue weighted by Gasteiger charge is -2.10. The molecule has 94 valence electrons. The Kier molecular flexibility index (Phi) is 3.97. The van der Waals surface area contributed by atoms with Gasteiger partial charge in [-0.2, -0.15) is 5.10 Å². The Morgan fingerprint density at radius 2 is 2.00 bits per heavy atom. The van der Waals surface area contributed by atoms with Crippen molar-refractivity contribution in [3.05, 3.63) is 44.9 Å². The third kappa shape index (κ3) is 2.54. The largest absolute Gasteiger partial charge is 0.285 e. The fourth-order valence-corrected chi connectivity index (χ4v) is 2.26. The molecule has 0 saturated carbocycles. The van der Waals surface area contributed by atoms with Crippen molar-refractivity contribution in [1.82, 2.24) is 14.8 Å². The Balaban J connectivity index is 2.45. The first-order valence-electron chi connectivity index (χ1n) is 5.40. The number of halogens is 2. The van der Waals surface area contributed by atoms with E-state index in [1.54, 1.807) is 29.2 Å². The second kappa shape index (κ2) is 5.32. The lowest BCUT2D eigenvalue weighted by Crippen LogP contribution is -2.14. The third-order valence-electron chi connectivity index (χ3n) is 2.42. The third-order valence-corrected chi connectivity index (χ3v) is 3.46. The fourth-order valence-electron chi connectivity index (χ4n) is 1.58. The summed E-state index contributed by atoms with van der Waals surface area (Å²) in [4.78, 5) is 16.5. The summed E-state index contributed by atoms with van der Waals surface area (Å²) < 4.78 is 3.22. The lowest BCUT2D eigenvalue weighted by molar-refractivity contribution is 0.102. The van der Waals surface area contributed by atoms with Crippen LogP contribution < -0.4 is 0 Å². The summed E-state index contributed by atoms with van der Waals surface area (Å²) in [6, 6.07) is 3.60. The van der Waals surface area contributed by atoms with E-state index in [0.717, 1.165) is 4.47 Å². The summed E-state index contributed by atoms with van der Waals surface area (Å²) in [5, 5.41) is 4.19. The first-order valence-corrected chi connectivity index (χ1v) is 6.98. The van der Waals surface area contributed by atoms with Crippen LogP contribution in [0.5, 0.6) is 0 Å². The maximum Gasteiger partial charge on any atom is 0.230 e. The van der Waals surface area contributed by atoms with Gasteiger partial charge in [-0.25, -0.2) is 0 Å². The topological polar surface area (TPSA) is 47.8 Å². The summed E-state index contributed by atoms with van der Waals surface area (Å²) in [7, 11) is 0. The molecule has 0 aromatic carbocycles. The molecule has 0 unspecified atom stereocenters. The monoisotopic (exact) mass is 371 g/mol. The van der Waals surface area contributed by atoms with E-state index in [2.05, 4.69) is 41.9 Å². The number of hydrogen-bond donors (Lipinski definition) is 0. The van der Waals surface area contributed by atoms with Crippen molar-refractivity contribution >= 4 is 37.6 Å². The summed E-state index contributed by atoms with van der Waals surface area (Å²) in [6.45, 7) is 3.95. The normalized spacial score (nSPS) is 10.9. The Morgan fingerprint density at radius 3 is 2.56 bits per heavy atom. The summed E-state index contributed by atoms with van der Waals surface area (Å²) in [6.07, 6.45) is 3.24. The zero-order valence-electron chi connectivity index (χ0n) is 9.89. The molecular weight excluding hydrogens is 362 g/mol. The predicted molar refractivity (Wildman–Crippen MR) is 75.7 cm³/mol. The quantitative estimate of drug-likeness (QED) is 0.773. The number of rotatable bonds is 3. The number of nitrogens with zero attached hydrogens (tertiary/aromatic N) is 3. The van der Waals surface area contributed by atoms with Crippen LogP contribution in [0.2, 0.25) is 0 Å². The zero-order valence-corrected chi connectivity index (χ0v) is 13.1. The first-order chi connectivity index (χ1) is 8.50. The Labute approximate surface area is 122 Å². The molecule has 0 N–H and O–H groups in total. The van der Waals surface area contributed by atoms with Gasteiger partial charge in [0, 0.05) is 16.7 Å². The standard InChI is InChI=1S/C12H11Br2N3O/c1-7(2)17-11(9(14)6-16-17)12(18)10-4-3-8(13)5-15-10/h3-7H,1-2H3. The van der Waals surface area contributed by atoms with Crippen molar-refractivity contribution in [1.29, 1.82) is 0 Å². The first kappa shape index (κ1) is 13.4. The molecule has 0 aliphatic rings. The maximum atomic E-state index is 12.4. The smallest absolute Gasteiger partial charge is 0.230 e. The van der Waals surface area contributed by atoms with Gasteiger partial charge in [0.15, 0.2) is 0 Å². The molecule has 6 heteroatoms. The van der Waals surface area contributed by atoms with Crippen LogP contribution in [0.3, 0.4) is 0 Å². The number of carbonyl (C=O) groups excluding carboxylic acids is 1. The molecule has 2 aromatic heterocycles. The van der Waals surface area contributed by atoms with Gasteiger partial charge in [-0.05, 0) is 57.8 Å². The predicted octanol–water partition coefficient (Wildman–Crippen LogP) is 3.62. The van der Waals surface area contributed by atoms with Crippen LogP contribution >= 0.6 is 31.9 Å². The SMILES string of the molecule is CC(C)n1ncc(Br)c1C(=O)c1ccc(Br)cn1. The molecule has 0 radical (unpaired) electrons. The second-order valence-electron chi connectivity index (χ2n) is 4.07. The number of aromatic nitrogens is 3. The molecule has 4 nitrogen and oxygen atoms in total. The van der Waals surface area contributed by atoms with Crippen molar-refractivity contribution in [2.75, 3.05) is 0 Å². The van der Waals surface area contributed by atoms with Crippen molar-refractivity contribution in [2.24, 2.45) is 0 Å². The van der Waals surface area contributed by atoms with Crippen molar-refractivity contribution in [3.8, 4) is 0 Å². The van der Waals surface area contributed by atoms with Crippen molar-refractivity contribution < 1.29 is 4.79 Å². The van der Waals surface area contributed by atoms with Crippen LogP contribution in [-0.2, 0) is 0 Å². The van der Waals surface area contributed by atoms with Gasteiger partial charge in [0.05, 0.1) is 10.7 Å². The van der Waals surface area contributed by atoms with Gasteiger partial charge in [-0.3, -0.25) is 14.5 Å². The molecule has 0 aliphatic carbocycles. The van der Waals surface area contributed by atoms with Crippen molar-refractivity contribution in [3.63, 3.8) is 0 Å². The highest BCUT2D eigenvalue weighted by molar-refractivity contribution is 9.10. The number of ketones is 1. The molecule has 0 bridgehead atoms. The van der Waals surface area contributed by atoms with Gasteiger partial charge in [0.2, 0.25) is 5.78 Å². The van der Waals surface area contributed by atoms with Crippen molar-refractivity contribution in [2.45, 2.75) is 19.9 Å². The van der Waals surface area contributed by atoms with Gasteiger partial charge in [0.1, 0.15) is 11.4 Å². The van der Waals surface area contributed by atoms with E-state index in [0.29, 0.717) is 15.9 Å². The number of pyridine rings is 1. The average Bonchev–Trinajstić information content (AvgIpc) is 2.71. The van der Waals surface area contributed by atoms with Crippen LogP contribution in [0, 0.1) is 0 Å². The molecular formula is C12H11Br2N3O. The second-order valence-corrected chi connectivity index (χ2v) is 5.84. The van der Waals surface area contributed by atoms with Crippen LogP contribution in [-0.4, -0.2) is 20.5 Å². The highest BCUT2D eigenvalue weighted by Crippen LogP contribution is 2.22. The molecule has 0 amide bonds. The van der Waals surface area contributed by atoms with E-state index >= 15 is 0 Å². The summed E-state index contributed by atoms with van der Waals surface area (Å²) >= 11 is 6.65. The Hall–Kier alpha value is -1.01. The van der Waals surface area contributed by atoms with E-state index < -0.39 is 0 Å². The average molecular weight is 373 g/mol. The molecule has 18 heavy (non-hydrogen) atoms. The summed E-state index contributed by atoms with van der Waals surface area (Å²) in [5.41, 5.74) is 0.932. The van der Waals surface area contributed by atoms with Crippen LogP contribution in [0.4, 0.5) is 0 Å². The van der Waals surface area contributed by atoms with Crippen LogP contribution in [0.1, 0.15) is 36.1 Å². The van der Waals surface area contributed by atoms with E-state index in [-0.39, 0.29) is 11.8 Å². The van der Waals surface area contributed by atoms with Gasteiger partial charge >= 0.3 is 0 Å². The Bertz CT molecular complexity index is 576. The van der Waals surface area contributed by atoms with E-state index in [4.69, 9.17) is 0 Å². The molecule has 0 saturated heterocycles. The highest BCUT2D eigenvalue weighted by atomic mass is 79.9.